The Balaban J connectivity index is 1.29. The molecule has 1 saturated carbocycles. The molecule has 1 unspecified atom stereocenters. The number of carbonyl (C=O) groups excluding carboxylic acids is 2. The number of primary amides is 1. The van der Waals surface area contributed by atoms with E-state index in [4.69, 9.17) is 22.1 Å². The van der Waals surface area contributed by atoms with Gasteiger partial charge in [0.1, 0.15) is 6.61 Å². The van der Waals surface area contributed by atoms with Crippen LogP contribution in [0.15, 0.2) is 24.3 Å². The highest BCUT2D eigenvalue weighted by Gasteiger charge is 2.32. The van der Waals surface area contributed by atoms with E-state index in [0.29, 0.717) is 37.9 Å². The quantitative estimate of drug-likeness (QED) is 0.275. The molecule has 0 radical (unpaired) electrons. The molecule has 2 aromatic rings. The molecule has 2 saturated heterocycles. The first-order valence-electron chi connectivity index (χ1n) is 14.6. The third-order valence-electron chi connectivity index (χ3n) is 8.67. The Morgan fingerprint density at radius 3 is 2.61 bits per heavy atom. The van der Waals surface area contributed by atoms with Crippen LogP contribution in [0.4, 0.5) is 20.8 Å². The summed E-state index contributed by atoms with van der Waals surface area (Å²) in [6, 6.07) is 7.88. The van der Waals surface area contributed by atoms with Gasteiger partial charge < -0.3 is 15.4 Å². The van der Waals surface area contributed by atoms with Crippen LogP contribution in [0.3, 0.4) is 0 Å². The fourth-order valence-corrected chi connectivity index (χ4v) is 6.68. The van der Waals surface area contributed by atoms with Crippen molar-refractivity contribution in [3.63, 3.8) is 0 Å². The standard InChI is InChI=1S/C29H39ClFN7O3/c30-28-33-25(24(31)26(34-28)38-14-13-37-12-6-5-11-23(37)17-38)35-36-27(39)22(15-19-7-1-2-8-19)16-20-9-3-4-10-21(20)18-41-29(32)40/h3-4,9-10,19,22-23H,1-2,5-8,11-18H2,(H2,32,40)(H,36,39)(H,33,34,35)/t22-,23?/m1/s1. The van der Waals surface area contributed by atoms with Crippen molar-refractivity contribution < 1.29 is 18.7 Å². The lowest BCUT2D eigenvalue weighted by Crippen LogP contribution is -2.55. The predicted molar refractivity (Wildman–Crippen MR) is 155 cm³/mol. The van der Waals surface area contributed by atoms with E-state index in [1.54, 1.807) is 0 Å². The SMILES string of the molecule is NC(=O)OCc1ccccc1C[C@@H](CC1CCCC1)C(=O)NNc1nc(Cl)nc(N2CCN3CCCCC3C2)c1F. The van der Waals surface area contributed by atoms with Crippen LogP contribution in [0, 0.1) is 17.7 Å². The molecule has 2 atom stereocenters. The Labute approximate surface area is 245 Å². The lowest BCUT2D eigenvalue weighted by molar-refractivity contribution is -0.125. The van der Waals surface area contributed by atoms with Crippen molar-refractivity contribution in [3.8, 4) is 0 Å². The fourth-order valence-electron chi connectivity index (χ4n) is 6.52. The minimum Gasteiger partial charge on any atom is -0.445 e. The number of piperidine rings is 1. The maximum absolute atomic E-state index is 15.7. The highest BCUT2D eigenvalue weighted by atomic mass is 35.5. The average molecular weight is 588 g/mol. The Hall–Kier alpha value is -3.18. The molecule has 0 spiro atoms. The smallest absolute Gasteiger partial charge is 0.404 e. The predicted octanol–water partition coefficient (Wildman–Crippen LogP) is 4.42. The van der Waals surface area contributed by atoms with Crippen molar-refractivity contribution in [2.24, 2.45) is 17.6 Å². The molecule has 12 heteroatoms. The first-order valence-corrected chi connectivity index (χ1v) is 15.0. The molecule has 3 heterocycles. The molecule has 5 rings (SSSR count). The first-order chi connectivity index (χ1) is 19.9. The van der Waals surface area contributed by atoms with Gasteiger partial charge in [0.05, 0.1) is 0 Å². The van der Waals surface area contributed by atoms with Crippen LogP contribution in [0.25, 0.3) is 0 Å². The summed E-state index contributed by atoms with van der Waals surface area (Å²) in [7, 11) is 0. The number of anilines is 2. The summed E-state index contributed by atoms with van der Waals surface area (Å²) in [6.07, 6.45) is 8.21. The zero-order valence-corrected chi connectivity index (χ0v) is 24.0. The molecule has 3 fully saturated rings. The largest absolute Gasteiger partial charge is 0.445 e. The van der Waals surface area contributed by atoms with Crippen LogP contribution < -0.4 is 21.5 Å². The molecule has 4 N–H and O–H groups in total. The first kappa shape index (κ1) is 29.3. The number of carbonyl (C=O) groups is 2. The number of ether oxygens (including phenoxy) is 1. The van der Waals surface area contributed by atoms with E-state index in [-0.39, 0.29) is 35.4 Å². The highest BCUT2D eigenvalue weighted by molar-refractivity contribution is 6.28. The number of nitrogens with zero attached hydrogens (tertiary/aromatic N) is 4. The van der Waals surface area contributed by atoms with Gasteiger partial charge in [-0.05, 0) is 60.9 Å². The summed E-state index contributed by atoms with van der Waals surface area (Å²) in [5.74, 6) is -0.865. The van der Waals surface area contributed by atoms with Gasteiger partial charge >= 0.3 is 6.09 Å². The number of hydrazine groups is 1. The highest BCUT2D eigenvalue weighted by Crippen LogP contribution is 2.33. The lowest BCUT2D eigenvalue weighted by atomic mass is 9.87. The molecule has 1 aromatic carbocycles. The van der Waals surface area contributed by atoms with E-state index >= 15 is 4.39 Å². The molecular weight excluding hydrogens is 549 g/mol. The number of benzene rings is 1. The van der Waals surface area contributed by atoms with E-state index in [0.717, 1.165) is 56.3 Å². The van der Waals surface area contributed by atoms with Gasteiger partial charge in [0.2, 0.25) is 17.0 Å². The summed E-state index contributed by atoms with van der Waals surface area (Å²) in [5.41, 5.74) is 12.3. The number of nitrogens with two attached hydrogens (primary N) is 1. The van der Waals surface area contributed by atoms with E-state index < -0.39 is 11.9 Å². The third kappa shape index (κ3) is 7.56. The zero-order valence-electron chi connectivity index (χ0n) is 23.3. The van der Waals surface area contributed by atoms with Gasteiger partial charge in [-0.15, -0.1) is 0 Å². The number of amides is 2. The Bertz CT molecular complexity index is 1230. The van der Waals surface area contributed by atoms with Gasteiger partial charge in [0, 0.05) is 31.6 Å². The molecule has 10 nitrogen and oxygen atoms in total. The van der Waals surface area contributed by atoms with Crippen molar-refractivity contribution in [1.29, 1.82) is 0 Å². The Kier molecular flexibility index (Phi) is 9.76. The molecule has 1 aliphatic carbocycles. The topological polar surface area (TPSA) is 126 Å². The number of aromatic nitrogens is 2. The Morgan fingerprint density at radius 1 is 1.07 bits per heavy atom. The normalized spacial score (nSPS) is 20.3. The minimum atomic E-state index is -0.852. The summed E-state index contributed by atoms with van der Waals surface area (Å²) in [4.78, 5) is 37.3. The molecule has 1 aromatic heterocycles. The third-order valence-corrected chi connectivity index (χ3v) is 8.83. The van der Waals surface area contributed by atoms with E-state index in [2.05, 4.69) is 25.7 Å². The van der Waals surface area contributed by atoms with Crippen molar-refractivity contribution in [2.75, 3.05) is 36.5 Å². The molecule has 222 valence electrons. The number of nitrogens with one attached hydrogen (secondary N) is 2. The van der Waals surface area contributed by atoms with Crippen LogP contribution in [-0.4, -0.2) is 59.1 Å². The summed E-state index contributed by atoms with van der Waals surface area (Å²) >= 11 is 6.22. The van der Waals surface area contributed by atoms with Gasteiger partial charge in [-0.2, -0.15) is 14.4 Å². The summed E-state index contributed by atoms with van der Waals surface area (Å²) < 4.78 is 20.7. The second-order valence-corrected chi connectivity index (χ2v) is 11.7. The summed E-state index contributed by atoms with van der Waals surface area (Å²) in [6.45, 7) is 3.28. The minimum absolute atomic E-state index is 0.0318. The molecule has 0 bridgehead atoms. The van der Waals surface area contributed by atoms with Gasteiger partial charge in [0.25, 0.3) is 0 Å². The second kappa shape index (κ2) is 13.7. The van der Waals surface area contributed by atoms with Crippen molar-refractivity contribution in [2.45, 2.75) is 70.4 Å². The van der Waals surface area contributed by atoms with Crippen LogP contribution >= 0.6 is 11.6 Å². The zero-order chi connectivity index (χ0) is 28.8. The van der Waals surface area contributed by atoms with Crippen molar-refractivity contribution in [3.05, 3.63) is 46.5 Å². The van der Waals surface area contributed by atoms with Gasteiger partial charge in [-0.25, -0.2) is 4.79 Å². The number of hydrogen-bond acceptors (Lipinski definition) is 8. The molecule has 3 aliphatic rings. The number of piperazine rings is 1. The van der Waals surface area contributed by atoms with Crippen molar-refractivity contribution >= 4 is 35.2 Å². The lowest BCUT2D eigenvalue weighted by Gasteiger charge is -2.44. The molecule has 2 amide bonds. The van der Waals surface area contributed by atoms with Gasteiger partial charge in [-0.3, -0.25) is 20.5 Å². The van der Waals surface area contributed by atoms with E-state index in [1.807, 2.05) is 29.2 Å². The number of hydrogen-bond donors (Lipinski definition) is 3. The maximum atomic E-state index is 15.7. The number of rotatable bonds is 10. The number of fused-ring (bicyclic) bond motifs is 1. The fraction of sp³-hybridized carbons (Fsp3) is 0.586. The average Bonchev–Trinajstić information content (AvgIpc) is 3.49. The number of halogens is 2. The molecular formula is C29H39ClFN7O3. The summed E-state index contributed by atoms with van der Waals surface area (Å²) in [5, 5.41) is -0.0879. The molecule has 41 heavy (non-hydrogen) atoms. The Morgan fingerprint density at radius 2 is 1.83 bits per heavy atom. The van der Waals surface area contributed by atoms with Gasteiger partial charge in [0.15, 0.2) is 11.6 Å². The van der Waals surface area contributed by atoms with Crippen LogP contribution in [0.5, 0.6) is 0 Å². The molecule has 2 aliphatic heterocycles. The monoisotopic (exact) mass is 587 g/mol. The van der Waals surface area contributed by atoms with Crippen LogP contribution in [0.2, 0.25) is 5.28 Å². The van der Waals surface area contributed by atoms with Crippen LogP contribution in [-0.2, 0) is 22.6 Å². The van der Waals surface area contributed by atoms with Crippen LogP contribution in [0.1, 0.15) is 62.5 Å². The second-order valence-electron chi connectivity index (χ2n) is 11.4. The van der Waals surface area contributed by atoms with Crippen molar-refractivity contribution in [1.82, 2.24) is 20.3 Å². The van der Waals surface area contributed by atoms with E-state index in [9.17, 15) is 9.59 Å². The van der Waals surface area contributed by atoms with E-state index in [1.165, 1.54) is 12.8 Å². The van der Waals surface area contributed by atoms with Gasteiger partial charge in [-0.1, -0.05) is 56.4 Å². The maximum Gasteiger partial charge on any atom is 0.404 e.